The maximum absolute atomic E-state index is 14.1. The SMILES string of the molecule is C[C@]12CCC(=O)C=C1NC[C@@H]1[C@H]2CC[C@]2(C)C(C(=O)NC(C3CCCCC3)C3CCCCC3)CC[C@@H]12. The lowest BCUT2D eigenvalue weighted by atomic mass is 9.50. The number of nitrogens with one attached hydrogen (secondary N) is 2. The van der Waals surface area contributed by atoms with Gasteiger partial charge in [-0.1, -0.05) is 52.4 Å². The van der Waals surface area contributed by atoms with Gasteiger partial charge in [0.1, 0.15) is 0 Å². The molecule has 1 heterocycles. The van der Waals surface area contributed by atoms with Crippen LogP contribution in [0.4, 0.5) is 0 Å². The van der Waals surface area contributed by atoms with Crippen molar-refractivity contribution in [3.63, 3.8) is 0 Å². The fraction of sp³-hybridized carbons (Fsp3) is 0.875. The summed E-state index contributed by atoms with van der Waals surface area (Å²) in [5, 5.41) is 7.51. The van der Waals surface area contributed by atoms with Gasteiger partial charge in [0.15, 0.2) is 5.78 Å². The number of carbonyl (C=O) groups is 2. The molecule has 4 heteroatoms. The lowest BCUT2D eigenvalue weighted by Crippen LogP contribution is -2.58. The summed E-state index contributed by atoms with van der Waals surface area (Å²) in [5.41, 5.74) is 1.45. The summed E-state index contributed by atoms with van der Waals surface area (Å²) in [7, 11) is 0. The Morgan fingerprint density at radius 2 is 1.56 bits per heavy atom. The predicted molar refractivity (Wildman–Crippen MR) is 144 cm³/mol. The second-order valence-corrected chi connectivity index (χ2v) is 14.2. The maximum Gasteiger partial charge on any atom is 0.223 e. The number of piperidine rings is 1. The van der Waals surface area contributed by atoms with E-state index in [2.05, 4.69) is 24.5 Å². The molecule has 200 valence electrons. The molecule has 0 spiro atoms. The van der Waals surface area contributed by atoms with Gasteiger partial charge in [0.25, 0.3) is 0 Å². The Morgan fingerprint density at radius 3 is 2.22 bits per heavy atom. The van der Waals surface area contributed by atoms with Gasteiger partial charge in [-0.25, -0.2) is 0 Å². The molecular weight excluding hydrogens is 444 g/mol. The van der Waals surface area contributed by atoms with Crippen molar-refractivity contribution < 1.29 is 9.59 Å². The molecule has 0 aromatic heterocycles. The number of ketones is 1. The van der Waals surface area contributed by atoms with E-state index in [0.29, 0.717) is 48.0 Å². The lowest BCUT2D eigenvalue weighted by Gasteiger charge is -2.58. The summed E-state index contributed by atoms with van der Waals surface area (Å²) in [5.74, 6) is 4.17. The predicted octanol–water partition coefficient (Wildman–Crippen LogP) is 6.55. The van der Waals surface area contributed by atoms with Gasteiger partial charge in [-0.2, -0.15) is 0 Å². The summed E-state index contributed by atoms with van der Waals surface area (Å²) in [6.07, 6.45) is 21.7. The van der Waals surface area contributed by atoms with Crippen molar-refractivity contribution in [3.05, 3.63) is 11.8 Å². The first-order valence-electron chi connectivity index (χ1n) is 15.7. The molecule has 1 amide bonds. The summed E-state index contributed by atoms with van der Waals surface area (Å²) in [6.45, 7) is 5.87. The Bertz CT molecular complexity index is 867. The van der Waals surface area contributed by atoms with Gasteiger partial charge in [0, 0.05) is 42.1 Å². The number of rotatable bonds is 4. The van der Waals surface area contributed by atoms with Crippen molar-refractivity contribution in [3.8, 4) is 0 Å². The third kappa shape index (κ3) is 4.17. The number of hydrogen-bond donors (Lipinski definition) is 2. The van der Waals surface area contributed by atoms with Gasteiger partial charge in [-0.3, -0.25) is 9.59 Å². The molecule has 4 saturated carbocycles. The molecule has 6 atom stereocenters. The van der Waals surface area contributed by atoms with E-state index in [0.717, 1.165) is 19.4 Å². The van der Waals surface area contributed by atoms with Crippen LogP contribution in [0.25, 0.3) is 0 Å². The van der Waals surface area contributed by atoms with Crippen molar-refractivity contribution in [2.45, 2.75) is 123 Å². The quantitative estimate of drug-likeness (QED) is 0.466. The van der Waals surface area contributed by atoms with E-state index < -0.39 is 0 Å². The zero-order chi connectivity index (χ0) is 24.9. The highest BCUT2D eigenvalue weighted by Crippen LogP contribution is 2.64. The summed E-state index contributed by atoms with van der Waals surface area (Å²) in [4.78, 5) is 26.2. The Labute approximate surface area is 219 Å². The van der Waals surface area contributed by atoms with Gasteiger partial charge in [-0.05, 0) is 92.8 Å². The molecule has 36 heavy (non-hydrogen) atoms. The number of fused-ring (bicyclic) bond motifs is 5. The van der Waals surface area contributed by atoms with Crippen LogP contribution in [0, 0.1) is 46.3 Å². The molecular formula is C32H50N2O2. The minimum Gasteiger partial charge on any atom is -0.387 e. The monoisotopic (exact) mass is 494 g/mol. The molecule has 4 nitrogen and oxygen atoms in total. The normalized spacial score (nSPS) is 41.6. The molecule has 0 aromatic rings. The minimum absolute atomic E-state index is 0.117. The van der Waals surface area contributed by atoms with E-state index in [1.54, 1.807) is 0 Å². The van der Waals surface area contributed by atoms with Crippen LogP contribution in [-0.4, -0.2) is 24.3 Å². The molecule has 2 N–H and O–H groups in total. The summed E-state index contributed by atoms with van der Waals surface area (Å²) < 4.78 is 0. The van der Waals surface area contributed by atoms with Crippen LogP contribution < -0.4 is 10.6 Å². The molecule has 1 saturated heterocycles. The zero-order valence-electron chi connectivity index (χ0n) is 23.0. The highest BCUT2D eigenvalue weighted by molar-refractivity contribution is 5.91. The third-order valence-electron chi connectivity index (χ3n) is 12.5. The summed E-state index contributed by atoms with van der Waals surface area (Å²) in [6, 6.07) is 0.416. The van der Waals surface area contributed by atoms with Crippen LogP contribution >= 0.6 is 0 Å². The van der Waals surface area contributed by atoms with Crippen LogP contribution in [0.5, 0.6) is 0 Å². The minimum atomic E-state index is 0.117. The molecule has 6 rings (SSSR count). The second-order valence-electron chi connectivity index (χ2n) is 14.2. The highest BCUT2D eigenvalue weighted by Gasteiger charge is 2.60. The molecule has 0 bridgehead atoms. The molecule has 5 fully saturated rings. The van der Waals surface area contributed by atoms with Crippen molar-refractivity contribution in [1.29, 1.82) is 0 Å². The smallest absolute Gasteiger partial charge is 0.223 e. The maximum atomic E-state index is 14.1. The van der Waals surface area contributed by atoms with Crippen LogP contribution in [-0.2, 0) is 9.59 Å². The molecule has 0 radical (unpaired) electrons. The highest BCUT2D eigenvalue weighted by atomic mass is 16.2. The van der Waals surface area contributed by atoms with Gasteiger partial charge in [0.2, 0.25) is 5.91 Å². The molecule has 0 aromatic carbocycles. The Hall–Kier alpha value is -1.32. The van der Waals surface area contributed by atoms with Gasteiger partial charge in [-0.15, -0.1) is 0 Å². The van der Waals surface area contributed by atoms with Crippen LogP contribution in [0.15, 0.2) is 11.8 Å². The third-order valence-corrected chi connectivity index (χ3v) is 12.5. The first-order chi connectivity index (χ1) is 17.4. The van der Waals surface area contributed by atoms with Gasteiger partial charge < -0.3 is 10.6 Å². The Balaban J connectivity index is 1.19. The topological polar surface area (TPSA) is 58.2 Å². The van der Waals surface area contributed by atoms with Crippen molar-refractivity contribution in [2.24, 2.45) is 46.3 Å². The number of allylic oxidation sites excluding steroid dienone is 2. The fourth-order valence-corrected chi connectivity index (χ4v) is 10.4. The number of amides is 1. The number of hydrogen-bond acceptors (Lipinski definition) is 3. The Morgan fingerprint density at radius 1 is 0.889 bits per heavy atom. The molecule has 5 aliphatic carbocycles. The lowest BCUT2D eigenvalue weighted by molar-refractivity contribution is -0.134. The average Bonchev–Trinajstić information content (AvgIpc) is 3.26. The van der Waals surface area contributed by atoms with E-state index in [1.807, 2.05) is 6.08 Å². The van der Waals surface area contributed by atoms with Crippen LogP contribution in [0.1, 0.15) is 117 Å². The Kier molecular flexibility index (Phi) is 6.78. The van der Waals surface area contributed by atoms with E-state index >= 15 is 0 Å². The number of carbonyl (C=O) groups excluding carboxylic acids is 2. The fourth-order valence-electron chi connectivity index (χ4n) is 10.4. The largest absolute Gasteiger partial charge is 0.387 e. The van der Waals surface area contributed by atoms with E-state index in [4.69, 9.17) is 0 Å². The van der Waals surface area contributed by atoms with E-state index in [-0.39, 0.29) is 22.5 Å². The molecule has 1 aliphatic heterocycles. The molecule has 1 unspecified atom stereocenters. The summed E-state index contributed by atoms with van der Waals surface area (Å²) >= 11 is 0. The van der Waals surface area contributed by atoms with Crippen LogP contribution in [0.2, 0.25) is 0 Å². The van der Waals surface area contributed by atoms with Gasteiger partial charge in [0.05, 0.1) is 0 Å². The first-order valence-corrected chi connectivity index (χ1v) is 15.7. The zero-order valence-corrected chi connectivity index (χ0v) is 23.0. The first kappa shape index (κ1) is 25.0. The molecule has 6 aliphatic rings. The van der Waals surface area contributed by atoms with Crippen molar-refractivity contribution >= 4 is 11.7 Å². The van der Waals surface area contributed by atoms with Gasteiger partial charge >= 0.3 is 0 Å². The van der Waals surface area contributed by atoms with Crippen molar-refractivity contribution in [2.75, 3.05) is 6.54 Å². The van der Waals surface area contributed by atoms with Crippen molar-refractivity contribution in [1.82, 2.24) is 10.6 Å². The van der Waals surface area contributed by atoms with E-state index in [1.165, 1.54) is 89.2 Å². The second kappa shape index (κ2) is 9.77. The van der Waals surface area contributed by atoms with E-state index in [9.17, 15) is 9.59 Å². The standard InChI is InChI=1S/C32H50N2O2/c1-31-18-16-26-24(20-33-28-19-23(35)15-17-32(26,28)2)25(31)13-14-27(31)30(36)34-29(21-9-5-3-6-10-21)22-11-7-4-8-12-22/h19,21-22,24-27,29,33H,3-18,20H2,1-2H3,(H,34,36)/t24-,25-,26+,27?,31-,32+/m0/s1. The average molecular weight is 495 g/mol. The van der Waals surface area contributed by atoms with Crippen LogP contribution in [0.3, 0.4) is 0 Å².